The molecule has 2 saturated heterocycles. The molecule has 2 aliphatic heterocycles. The molecule has 2 aliphatic rings. The Morgan fingerprint density at radius 1 is 1.30 bits per heavy atom. The van der Waals surface area contributed by atoms with Crippen molar-refractivity contribution in [2.24, 2.45) is 5.11 Å². The first-order chi connectivity index (χ1) is 10.7. The summed E-state index contributed by atoms with van der Waals surface area (Å²) >= 11 is 0. The third kappa shape index (κ3) is 4.11. The van der Waals surface area contributed by atoms with Gasteiger partial charge in [0, 0.05) is 18.8 Å². The summed E-state index contributed by atoms with van der Waals surface area (Å²) in [5, 5.41) is 3.58. The summed E-state index contributed by atoms with van der Waals surface area (Å²) in [5.74, 6) is -1.95. The van der Waals surface area contributed by atoms with E-state index in [1.807, 2.05) is 0 Å². The molecular formula is C13H19N3O7. The van der Waals surface area contributed by atoms with Gasteiger partial charge in [0.15, 0.2) is 24.3 Å². The van der Waals surface area contributed by atoms with Crippen molar-refractivity contribution in [3.8, 4) is 0 Å². The molecule has 2 heterocycles. The molecular weight excluding hydrogens is 310 g/mol. The van der Waals surface area contributed by atoms with E-state index in [1.54, 1.807) is 13.8 Å². The molecule has 0 bridgehead atoms. The Bertz CT molecular complexity index is 532. The SMILES string of the molecule is CC(=O)OC[C@@H](N=[N+]=[N-])[C@H]1O[C@@H]2OC(C)(C)O[C@@H]2[C@H]1OC(C)=O. The van der Waals surface area contributed by atoms with Crippen molar-refractivity contribution in [2.75, 3.05) is 6.61 Å². The maximum absolute atomic E-state index is 11.4. The highest BCUT2D eigenvalue weighted by Crippen LogP contribution is 2.40. The minimum absolute atomic E-state index is 0.204. The van der Waals surface area contributed by atoms with Crippen LogP contribution in [0.25, 0.3) is 10.4 Å². The van der Waals surface area contributed by atoms with Crippen LogP contribution in [0.4, 0.5) is 0 Å². The summed E-state index contributed by atoms with van der Waals surface area (Å²) in [6, 6.07) is -0.880. The number of carbonyl (C=O) groups is 2. The van der Waals surface area contributed by atoms with Gasteiger partial charge in [-0.25, -0.2) is 0 Å². The molecule has 10 heteroatoms. The summed E-state index contributed by atoms with van der Waals surface area (Å²) in [7, 11) is 0. The Morgan fingerprint density at radius 3 is 2.57 bits per heavy atom. The third-order valence-corrected chi connectivity index (χ3v) is 3.37. The molecule has 10 nitrogen and oxygen atoms in total. The Kier molecular flexibility index (Phi) is 5.10. The first kappa shape index (κ1) is 17.5. The summed E-state index contributed by atoms with van der Waals surface area (Å²) in [4.78, 5) is 25.1. The minimum atomic E-state index is -0.886. The lowest BCUT2D eigenvalue weighted by Crippen LogP contribution is -2.44. The van der Waals surface area contributed by atoms with E-state index >= 15 is 0 Å². The topological polar surface area (TPSA) is 129 Å². The van der Waals surface area contributed by atoms with Gasteiger partial charge in [0.2, 0.25) is 0 Å². The molecule has 0 saturated carbocycles. The zero-order valence-corrected chi connectivity index (χ0v) is 13.3. The van der Waals surface area contributed by atoms with Crippen molar-refractivity contribution in [3.63, 3.8) is 0 Å². The lowest BCUT2D eigenvalue weighted by Gasteiger charge is -2.28. The second kappa shape index (κ2) is 6.71. The number of azide groups is 1. The average molecular weight is 329 g/mol. The first-order valence-electron chi connectivity index (χ1n) is 7.09. The largest absolute Gasteiger partial charge is 0.465 e. The predicted molar refractivity (Wildman–Crippen MR) is 73.8 cm³/mol. The second-order valence-corrected chi connectivity index (χ2v) is 5.72. The van der Waals surface area contributed by atoms with Crippen molar-refractivity contribution >= 4 is 11.9 Å². The van der Waals surface area contributed by atoms with Crippen LogP contribution in [-0.2, 0) is 33.3 Å². The fourth-order valence-electron chi connectivity index (χ4n) is 2.60. The van der Waals surface area contributed by atoms with Crippen molar-refractivity contribution < 1.29 is 33.3 Å². The molecule has 0 unspecified atom stereocenters. The van der Waals surface area contributed by atoms with Gasteiger partial charge in [-0.05, 0) is 19.4 Å². The number of carbonyl (C=O) groups excluding carboxylic acids is 2. The van der Waals surface area contributed by atoms with Gasteiger partial charge in [-0.1, -0.05) is 5.11 Å². The van der Waals surface area contributed by atoms with Gasteiger partial charge in [0.1, 0.15) is 18.8 Å². The second-order valence-electron chi connectivity index (χ2n) is 5.72. The van der Waals surface area contributed by atoms with Gasteiger partial charge in [0.05, 0.1) is 0 Å². The maximum Gasteiger partial charge on any atom is 0.303 e. The molecule has 23 heavy (non-hydrogen) atoms. The standard InChI is InChI=1S/C13H19N3O7/c1-6(17)19-5-8(15-16-14)9-10(20-7(2)18)11-12(21-9)23-13(3,4)22-11/h8-12H,5H2,1-4H3/t8-,9-,10+,11-,12-/m1/s1. The smallest absolute Gasteiger partial charge is 0.303 e. The highest BCUT2D eigenvalue weighted by atomic mass is 16.8. The molecule has 0 aromatic heterocycles. The van der Waals surface area contributed by atoms with E-state index in [4.69, 9.17) is 29.2 Å². The van der Waals surface area contributed by atoms with Crippen molar-refractivity contribution in [1.82, 2.24) is 0 Å². The van der Waals surface area contributed by atoms with E-state index in [0.717, 1.165) is 0 Å². The lowest BCUT2D eigenvalue weighted by molar-refractivity contribution is -0.221. The van der Waals surface area contributed by atoms with E-state index in [1.165, 1.54) is 13.8 Å². The van der Waals surface area contributed by atoms with Gasteiger partial charge in [-0.15, -0.1) is 0 Å². The van der Waals surface area contributed by atoms with Crippen LogP contribution in [0.5, 0.6) is 0 Å². The van der Waals surface area contributed by atoms with Crippen LogP contribution in [0.1, 0.15) is 27.7 Å². The monoisotopic (exact) mass is 329 g/mol. The molecule has 0 aliphatic carbocycles. The number of hydrogen-bond acceptors (Lipinski definition) is 8. The lowest BCUT2D eigenvalue weighted by atomic mass is 10.0. The summed E-state index contributed by atoms with van der Waals surface area (Å²) in [6.45, 7) is 5.69. The number of rotatable bonds is 5. The zero-order valence-electron chi connectivity index (χ0n) is 13.3. The predicted octanol–water partition coefficient (Wildman–Crippen LogP) is 1.04. The Labute approximate surface area is 132 Å². The number of nitrogens with zero attached hydrogens (tertiary/aromatic N) is 3. The molecule has 2 fully saturated rings. The van der Waals surface area contributed by atoms with Gasteiger partial charge in [-0.3, -0.25) is 9.59 Å². The van der Waals surface area contributed by atoms with E-state index < -0.39 is 48.4 Å². The van der Waals surface area contributed by atoms with Crippen LogP contribution in [0.3, 0.4) is 0 Å². The van der Waals surface area contributed by atoms with E-state index in [0.29, 0.717) is 0 Å². The number of hydrogen-bond donors (Lipinski definition) is 0. The third-order valence-electron chi connectivity index (χ3n) is 3.37. The van der Waals surface area contributed by atoms with E-state index in [9.17, 15) is 9.59 Å². The molecule has 0 N–H and O–H groups in total. The molecule has 0 amide bonds. The van der Waals surface area contributed by atoms with Crippen LogP contribution < -0.4 is 0 Å². The quantitative estimate of drug-likeness (QED) is 0.319. The minimum Gasteiger partial charge on any atom is -0.465 e. The molecule has 128 valence electrons. The molecule has 0 spiro atoms. The van der Waals surface area contributed by atoms with Gasteiger partial charge < -0.3 is 23.7 Å². The number of esters is 2. The van der Waals surface area contributed by atoms with Crippen molar-refractivity contribution in [2.45, 2.75) is 64.1 Å². The first-order valence-corrected chi connectivity index (χ1v) is 7.09. The zero-order chi connectivity index (χ0) is 17.2. The van der Waals surface area contributed by atoms with Crippen molar-refractivity contribution in [1.29, 1.82) is 0 Å². The van der Waals surface area contributed by atoms with Crippen LogP contribution in [0.15, 0.2) is 5.11 Å². The Balaban J connectivity index is 2.19. The van der Waals surface area contributed by atoms with Crippen LogP contribution >= 0.6 is 0 Å². The normalized spacial score (nSPS) is 32.5. The van der Waals surface area contributed by atoms with Crippen LogP contribution in [0.2, 0.25) is 0 Å². The molecule has 5 atom stereocenters. The summed E-state index contributed by atoms with van der Waals surface area (Å²) in [5.41, 5.74) is 8.71. The Hall–Kier alpha value is -1.87. The average Bonchev–Trinajstić information content (AvgIpc) is 2.87. The summed E-state index contributed by atoms with van der Waals surface area (Å²) < 4.78 is 27.1. The van der Waals surface area contributed by atoms with Crippen LogP contribution in [-0.4, -0.2) is 55.0 Å². The fraction of sp³-hybridized carbons (Fsp3) is 0.846. The Morgan fingerprint density at radius 2 is 2.00 bits per heavy atom. The van der Waals surface area contributed by atoms with Gasteiger partial charge in [-0.2, -0.15) is 0 Å². The van der Waals surface area contributed by atoms with Crippen molar-refractivity contribution in [3.05, 3.63) is 10.4 Å². The highest BCUT2D eigenvalue weighted by molar-refractivity contribution is 5.66. The maximum atomic E-state index is 11.4. The van der Waals surface area contributed by atoms with E-state index in [2.05, 4.69) is 10.0 Å². The van der Waals surface area contributed by atoms with E-state index in [-0.39, 0.29) is 6.61 Å². The molecule has 0 aromatic rings. The molecule has 2 rings (SSSR count). The molecule has 0 radical (unpaired) electrons. The summed E-state index contributed by atoms with van der Waals surface area (Å²) in [6.07, 6.45) is -3.12. The number of ether oxygens (including phenoxy) is 5. The molecule has 0 aromatic carbocycles. The van der Waals surface area contributed by atoms with Crippen LogP contribution in [0, 0.1) is 0 Å². The van der Waals surface area contributed by atoms with Gasteiger partial charge >= 0.3 is 11.9 Å². The highest BCUT2D eigenvalue weighted by Gasteiger charge is 2.58. The fourth-order valence-corrected chi connectivity index (χ4v) is 2.60. The number of fused-ring (bicyclic) bond motifs is 1. The van der Waals surface area contributed by atoms with Gasteiger partial charge in [0.25, 0.3) is 0 Å².